The summed E-state index contributed by atoms with van der Waals surface area (Å²) in [6.45, 7) is -5.10. The second kappa shape index (κ2) is 3.79. The number of benzene rings is 1. The Morgan fingerprint density at radius 3 is 2.13 bits per heavy atom. The average molecular weight is 227 g/mol. The minimum absolute atomic E-state index is 0.364. The molecule has 15 heavy (non-hydrogen) atoms. The van der Waals surface area contributed by atoms with Crippen molar-refractivity contribution in [1.82, 2.24) is 0 Å². The van der Waals surface area contributed by atoms with E-state index >= 15 is 0 Å². The van der Waals surface area contributed by atoms with Gasteiger partial charge in [0.2, 0.25) is 0 Å². The van der Waals surface area contributed by atoms with Gasteiger partial charge in [-0.1, -0.05) is 30.1 Å². The van der Waals surface area contributed by atoms with Crippen LogP contribution in [0.3, 0.4) is 0 Å². The van der Waals surface area contributed by atoms with Crippen molar-refractivity contribution in [2.45, 2.75) is 12.5 Å². The fourth-order valence-corrected chi connectivity index (χ4v) is 1.14. The molecule has 0 amide bonds. The van der Waals surface area contributed by atoms with Crippen LogP contribution < -0.4 is 0 Å². The SMILES string of the molecule is F[B-](F)(F)Cc1cccc(C(F)(F)F)c1. The molecule has 0 saturated carbocycles. The number of hydrogen-bond acceptors (Lipinski definition) is 0. The monoisotopic (exact) mass is 227 g/mol. The summed E-state index contributed by atoms with van der Waals surface area (Å²) in [6, 6.07) is 3.27. The van der Waals surface area contributed by atoms with E-state index in [1.165, 1.54) is 0 Å². The van der Waals surface area contributed by atoms with Crippen molar-refractivity contribution in [3.63, 3.8) is 0 Å². The molecule has 0 N–H and O–H groups in total. The van der Waals surface area contributed by atoms with E-state index in [1.807, 2.05) is 0 Å². The van der Waals surface area contributed by atoms with Crippen LogP contribution in [0.15, 0.2) is 24.3 Å². The number of alkyl halides is 3. The third kappa shape index (κ3) is 3.85. The highest BCUT2D eigenvalue weighted by atomic mass is 19.4. The van der Waals surface area contributed by atoms with Crippen LogP contribution in [0.5, 0.6) is 0 Å². The Hall–Kier alpha value is -1.14. The summed E-state index contributed by atoms with van der Waals surface area (Å²) < 4.78 is 72.2. The molecule has 0 radical (unpaired) electrons. The molecular formula is C8H6BF6-. The molecule has 0 bridgehead atoms. The third-order valence-corrected chi connectivity index (χ3v) is 1.72. The summed E-state index contributed by atoms with van der Waals surface area (Å²) in [5.74, 6) is 0. The van der Waals surface area contributed by atoms with E-state index < -0.39 is 25.0 Å². The van der Waals surface area contributed by atoms with Gasteiger partial charge < -0.3 is 12.9 Å². The lowest BCUT2D eigenvalue weighted by Gasteiger charge is -2.14. The molecule has 0 atom stereocenters. The van der Waals surface area contributed by atoms with Crippen LogP contribution >= 0.6 is 0 Å². The van der Waals surface area contributed by atoms with Crippen molar-refractivity contribution in [2.24, 2.45) is 0 Å². The van der Waals surface area contributed by atoms with Gasteiger partial charge in [-0.25, -0.2) is 0 Å². The van der Waals surface area contributed by atoms with Crippen molar-refractivity contribution < 1.29 is 26.1 Å². The van der Waals surface area contributed by atoms with Crippen LogP contribution in [-0.2, 0) is 12.5 Å². The van der Waals surface area contributed by atoms with Crippen LogP contribution in [0.1, 0.15) is 11.1 Å². The normalized spacial score (nSPS) is 12.9. The molecule has 1 rings (SSSR count). The van der Waals surface area contributed by atoms with Gasteiger partial charge in [-0.05, 0) is 6.07 Å². The van der Waals surface area contributed by atoms with E-state index in [2.05, 4.69) is 0 Å². The van der Waals surface area contributed by atoms with Gasteiger partial charge in [0.15, 0.2) is 0 Å². The van der Waals surface area contributed by atoms with Crippen LogP contribution in [0.4, 0.5) is 26.1 Å². The zero-order valence-electron chi connectivity index (χ0n) is 7.36. The smallest absolute Gasteiger partial charge is 0.449 e. The molecule has 0 unspecified atom stereocenters. The second-order valence-corrected chi connectivity index (χ2v) is 3.11. The van der Waals surface area contributed by atoms with E-state index in [9.17, 15) is 26.1 Å². The Morgan fingerprint density at radius 2 is 1.67 bits per heavy atom. The first-order valence-corrected chi connectivity index (χ1v) is 4.05. The molecule has 84 valence electrons. The maximum atomic E-state index is 12.1. The predicted molar refractivity (Wildman–Crippen MR) is 44.2 cm³/mol. The molecule has 0 heterocycles. The molecule has 1 aromatic carbocycles. The first kappa shape index (κ1) is 11.9. The van der Waals surface area contributed by atoms with E-state index in [4.69, 9.17) is 0 Å². The Balaban J connectivity index is 2.94. The Kier molecular flexibility index (Phi) is 3.01. The Bertz CT molecular complexity index is 340. The van der Waals surface area contributed by atoms with Gasteiger partial charge in [-0.3, -0.25) is 0 Å². The summed E-state index contributed by atoms with van der Waals surface area (Å²) >= 11 is 0. The van der Waals surface area contributed by atoms with Crippen molar-refractivity contribution in [3.05, 3.63) is 35.4 Å². The summed E-state index contributed by atoms with van der Waals surface area (Å²) in [6.07, 6.45) is -5.89. The van der Waals surface area contributed by atoms with Crippen LogP contribution in [0.2, 0.25) is 0 Å². The molecule has 1 aromatic rings. The molecule has 0 nitrogen and oxygen atoms in total. The molecule has 0 aliphatic rings. The van der Waals surface area contributed by atoms with Gasteiger partial charge in [0.1, 0.15) is 0 Å². The maximum absolute atomic E-state index is 12.1. The van der Waals surface area contributed by atoms with Crippen LogP contribution in [-0.4, -0.2) is 6.98 Å². The fraction of sp³-hybridized carbons (Fsp3) is 0.250. The van der Waals surface area contributed by atoms with Gasteiger partial charge in [0.05, 0.1) is 5.56 Å². The van der Waals surface area contributed by atoms with Crippen molar-refractivity contribution in [1.29, 1.82) is 0 Å². The highest BCUT2D eigenvalue weighted by molar-refractivity contribution is 6.57. The first-order chi connectivity index (χ1) is 6.68. The molecule has 0 saturated heterocycles. The fourth-order valence-electron chi connectivity index (χ4n) is 1.14. The number of halogens is 6. The van der Waals surface area contributed by atoms with Gasteiger partial charge in [-0.15, -0.1) is 0 Å². The maximum Gasteiger partial charge on any atom is 0.482 e. The topological polar surface area (TPSA) is 0 Å². The largest absolute Gasteiger partial charge is 0.482 e. The standard InChI is InChI=1S/C8H6BF6/c10-8(11,12)7-3-1-2-6(4-7)5-9(13,14)15/h1-4H,5H2/q-1. The van der Waals surface area contributed by atoms with E-state index in [0.717, 1.165) is 18.2 Å². The minimum atomic E-state index is -5.10. The lowest BCUT2D eigenvalue weighted by Crippen LogP contribution is -2.19. The summed E-state index contributed by atoms with van der Waals surface area (Å²) in [7, 11) is 0. The highest BCUT2D eigenvalue weighted by Gasteiger charge is 2.31. The zero-order chi connectivity index (χ0) is 11.7. The molecule has 0 spiro atoms. The lowest BCUT2D eigenvalue weighted by atomic mass is 9.81. The predicted octanol–water partition coefficient (Wildman–Crippen LogP) is 3.63. The average Bonchev–Trinajstić information content (AvgIpc) is 1.99. The quantitative estimate of drug-likeness (QED) is 0.534. The first-order valence-electron chi connectivity index (χ1n) is 4.05. The Morgan fingerprint density at radius 1 is 1.07 bits per heavy atom. The highest BCUT2D eigenvalue weighted by Crippen LogP contribution is 2.30. The number of rotatable bonds is 2. The summed E-state index contributed by atoms with van der Waals surface area (Å²) in [5, 5.41) is 0. The van der Waals surface area contributed by atoms with Gasteiger partial charge in [0, 0.05) is 0 Å². The van der Waals surface area contributed by atoms with E-state index in [-0.39, 0.29) is 5.56 Å². The molecule has 0 aromatic heterocycles. The molecule has 0 fully saturated rings. The second-order valence-electron chi connectivity index (χ2n) is 3.11. The third-order valence-electron chi connectivity index (χ3n) is 1.72. The van der Waals surface area contributed by atoms with Gasteiger partial charge >= 0.3 is 13.2 Å². The van der Waals surface area contributed by atoms with Crippen LogP contribution in [0, 0.1) is 0 Å². The summed E-state index contributed by atoms with van der Waals surface area (Å²) in [4.78, 5) is 0. The molecule has 0 aliphatic heterocycles. The lowest BCUT2D eigenvalue weighted by molar-refractivity contribution is -0.137. The zero-order valence-corrected chi connectivity index (χ0v) is 7.36. The summed E-state index contributed by atoms with van der Waals surface area (Å²) in [5.41, 5.74) is -1.42. The van der Waals surface area contributed by atoms with Crippen molar-refractivity contribution >= 4 is 6.98 Å². The van der Waals surface area contributed by atoms with E-state index in [1.54, 1.807) is 0 Å². The van der Waals surface area contributed by atoms with Crippen LogP contribution in [0.25, 0.3) is 0 Å². The van der Waals surface area contributed by atoms with E-state index in [0.29, 0.717) is 6.07 Å². The molecule has 7 heteroatoms. The van der Waals surface area contributed by atoms with Gasteiger partial charge in [0.25, 0.3) is 0 Å². The number of hydrogen-bond donors (Lipinski definition) is 0. The molecule has 0 aliphatic carbocycles. The van der Waals surface area contributed by atoms with Crippen molar-refractivity contribution in [3.8, 4) is 0 Å². The minimum Gasteiger partial charge on any atom is -0.449 e. The molecular weight excluding hydrogens is 221 g/mol. The van der Waals surface area contributed by atoms with Crippen molar-refractivity contribution in [2.75, 3.05) is 0 Å². The van der Waals surface area contributed by atoms with Gasteiger partial charge in [-0.2, -0.15) is 13.2 Å². The Labute approximate surface area is 82.0 Å².